The lowest BCUT2D eigenvalue weighted by Crippen LogP contribution is -2.47. The molecule has 1 heterocycles. The topological polar surface area (TPSA) is 73.9 Å². The molecule has 0 radical (unpaired) electrons. The Morgan fingerprint density at radius 2 is 1.59 bits per heavy atom. The van der Waals surface area contributed by atoms with Gasteiger partial charge in [-0.15, -0.1) is 0 Å². The van der Waals surface area contributed by atoms with E-state index in [1.807, 2.05) is 36.4 Å². The number of rotatable bonds is 8. The highest BCUT2D eigenvalue weighted by molar-refractivity contribution is 6.39. The Balaban J connectivity index is 1.32. The molecule has 3 rings (SSSR count). The van der Waals surface area contributed by atoms with Crippen LogP contribution in [0.4, 0.5) is 11.4 Å². The van der Waals surface area contributed by atoms with E-state index < -0.39 is 11.8 Å². The van der Waals surface area contributed by atoms with E-state index in [4.69, 9.17) is 4.74 Å². The van der Waals surface area contributed by atoms with Crippen LogP contribution >= 0.6 is 0 Å². The molecular weight excluding hydrogens is 404 g/mol. The Kier molecular flexibility index (Phi) is 8.50. The van der Waals surface area contributed by atoms with Gasteiger partial charge in [-0.25, -0.2) is 0 Å². The summed E-state index contributed by atoms with van der Waals surface area (Å²) in [5, 5.41) is 5.37. The van der Waals surface area contributed by atoms with Crippen molar-refractivity contribution in [1.82, 2.24) is 10.2 Å². The number of methoxy groups -OCH3 is 1. The van der Waals surface area contributed by atoms with Crippen molar-refractivity contribution in [3.05, 3.63) is 54.1 Å². The van der Waals surface area contributed by atoms with E-state index in [0.717, 1.165) is 44.9 Å². The first-order valence-electron chi connectivity index (χ1n) is 11.3. The maximum Gasteiger partial charge on any atom is 0.313 e. The van der Waals surface area contributed by atoms with Crippen LogP contribution in [0.1, 0.15) is 31.7 Å². The zero-order valence-electron chi connectivity index (χ0n) is 19.3. The molecule has 0 unspecified atom stereocenters. The van der Waals surface area contributed by atoms with E-state index in [0.29, 0.717) is 18.2 Å². The standard InChI is InChI=1S/C25H34N4O3/c1-19(2)20-5-7-21(8-6-20)27-25(31)24(30)26-13-4-14-28-15-17-29(18-16-28)22-9-11-23(32-3)12-10-22/h5-12,19H,4,13-18H2,1-3H3,(H,26,30)(H,27,31). The molecule has 2 aromatic carbocycles. The molecule has 0 saturated carbocycles. The summed E-state index contributed by atoms with van der Waals surface area (Å²) in [7, 11) is 1.67. The van der Waals surface area contributed by atoms with Crippen molar-refractivity contribution in [2.75, 3.05) is 56.6 Å². The van der Waals surface area contributed by atoms with Crippen LogP contribution in [0.3, 0.4) is 0 Å². The number of nitrogens with one attached hydrogen (secondary N) is 2. The number of carbonyl (C=O) groups excluding carboxylic acids is 2. The SMILES string of the molecule is COc1ccc(N2CCN(CCCNC(=O)C(=O)Nc3ccc(C(C)C)cc3)CC2)cc1. The molecule has 7 nitrogen and oxygen atoms in total. The number of benzene rings is 2. The van der Waals surface area contributed by atoms with E-state index in [1.165, 1.54) is 11.3 Å². The van der Waals surface area contributed by atoms with Crippen LogP contribution in [0, 0.1) is 0 Å². The Bertz CT molecular complexity index is 873. The minimum Gasteiger partial charge on any atom is -0.497 e. The van der Waals surface area contributed by atoms with E-state index in [-0.39, 0.29) is 0 Å². The zero-order valence-corrected chi connectivity index (χ0v) is 19.3. The number of ether oxygens (including phenoxy) is 1. The fourth-order valence-corrected chi connectivity index (χ4v) is 3.75. The molecule has 2 amide bonds. The monoisotopic (exact) mass is 438 g/mol. The first kappa shape index (κ1) is 23.6. The molecule has 172 valence electrons. The highest BCUT2D eigenvalue weighted by Gasteiger charge is 2.17. The molecular formula is C25H34N4O3. The van der Waals surface area contributed by atoms with Gasteiger partial charge in [-0.2, -0.15) is 0 Å². The maximum absolute atomic E-state index is 12.1. The molecule has 1 aliphatic rings. The lowest BCUT2D eigenvalue weighted by atomic mass is 10.0. The Hall–Kier alpha value is -3.06. The molecule has 2 N–H and O–H groups in total. The second kappa shape index (κ2) is 11.5. The Morgan fingerprint density at radius 3 is 2.19 bits per heavy atom. The summed E-state index contributed by atoms with van der Waals surface area (Å²) in [6, 6.07) is 15.7. The minimum absolute atomic E-state index is 0.425. The molecule has 0 bridgehead atoms. The van der Waals surface area contributed by atoms with Gasteiger partial charge in [-0.3, -0.25) is 14.5 Å². The highest BCUT2D eigenvalue weighted by atomic mass is 16.5. The fraction of sp³-hybridized carbons (Fsp3) is 0.440. The second-order valence-corrected chi connectivity index (χ2v) is 8.37. The van der Waals surface area contributed by atoms with Gasteiger partial charge in [0.1, 0.15) is 5.75 Å². The Morgan fingerprint density at radius 1 is 0.938 bits per heavy atom. The van der Waals surface area contributed by atoms with Crippen LogP contribution in [0.15, 0.2) is 48.5 Å². The predicted octanol–water partition coefficient (Wildman–Crippen LogP) is 3.09. The molecule has 0 atom stereocenters. The number of amides is 2. The van der Waals surface area contributed by atoms with Gasteiger partial charge < -0.3 is 20.3 Å². The maximum atomic E-state index is 12.1. The highest BCUT2D eigenvalue weighted by Crippen LogP contribution is 2.20. The summed E-state index contributed by atoms with van der Waals surface area (Å²) < 4.78 is 5.22. The van der Waals surface area contributed by atoms with Gasteiger partial charge in [0.15, 0.2) is 0 Å². The number of hydrogen-bond donors (Lipinski definition) is 2. The van der Waals surface area contributed by atoms with E-state index in [2.05, 4.69) is 46.4 Å². The lowest BCUT2D eigenvalue weighted by Gasteiger charge is -2.36. The summed E-state index contributed by atoms with van der Waals surface area (Å²) in [5.74, 6) is 0.0679. The molecule has 2 aromatic rings. The second-order valence-electron chi connectivity index (χ2n) is 8.37. The van der Waals surface area contributed by atoms with Gasteiger partial charge in [0.2, 0.25) is 0 Å². The fourth-order valence-electron chi connectivity index (χ4n) is 3.75. The first-order valence-corrected chi connectivity index (χ1v) is 11.3. The van der Waals surface area contributed by atoms with Crippen LogP contribution in [0.5, 0.6) is 5.75 Å². The molecule has 0 spiro atoms. The molecule has 32 heavy (non-hydrogen) atoms. The molecule has 1 fully saturated rings. The predicted molar refractivity (Wildman–Crippen MR) is 128 cm³/mol. The lowest BCUT2D eigenvalue weighted by molar-refractivity contribution is -0.136. The zero-order chi connectivity index (χ0) is 22.9. The third-order valence-electron chi connectivity index (χ3n) is 5.79. The summed E-state index contributed by atoms with van der Waals surface area (Å²) >= 11 is 0. The van der Waals surface area contributed by atoms with Gasteiger partial charge >= 0.3 is 11.8 Å². The van der Waals surface area contributed by atoms with E-state index >= 15 is 0 Å². The minimum atomic E-state index is -0.629. The van der Waals surface area contributed by atoms with Crippen LogP contribution in [-0.4, -0.2) is 63.1 Å². The van der Waals surface area contributed by atoms with Crippen molar-refractivity contribution in [3.8, 4) is 5.75 Å². The van der Waals surface area contributed by atoms with Crippen molar-refractivity contribution in [2.24, 2.45) is 0 Å². The average Bonchev–Trinajstić information content (AvgIpc) is 2.82. The van der Waals surface area contributed by atoms with Gasteiger partial charge in [-0.1, -0.05) is 26.0 Å². The first-order chi connectivity index (χ1) is 15.5. The molecule has 0 aromatic heterocycles. The normalized spacial score (nSPS) is 14.3. The van der Waals surface area contributed by atoms with Crippen molar-refractivity contribution in [3.63, 3.8) is 0 Å². The third-order valence-corrected chi connectivity index (χ3v) is 5.79. The van der Waals surface area contributed by atoms with Gasteiger partial charge in [0, 0.05) is 44.1 Å². The van der Waals surface area contributed by atoms with Gasteiger partial charge in [0.05, 0.1) is 7.11 Å². The summed E-state index contributed by atoms with van der Waals surface area (Å²) in [6.07, 6.45) is 0.810. The third kappa shape index (κ3) is 6.72. The molecule has 0 aliphatic carbocycles. The number of piperazine rings is 1. The summed E-state index contributed by atoms with van der Waals surface area (Å²) in [4.78, 5) is 28.9. The smallest absolute Gasteiger partial charge is 0.313 e. The Labute approximate surface area is 190 Å². The van der Waals surface area contributed by atoms with Crippen LogP contribution in [0.2, 0.25) is 0 Å². The average molecular weight is 439 g/mol. The number of hydrogen-bond acceptors (Lipinski definition) is 5. The van der Waals surface area contributed by atoms with Gasteiger partial charge in [0.25, 0.3) is 0 Å². The van der Waals surface area contributed by atoms with E-state index in [1.54, 1.807) is 7.11 Å². The molecule has 1 saturated heterocycles. The van der Waals surface area contributed by atoms with Crippen LogP contribution in [0.25, 0.3) is 0 Å². The van der Waals surface area contributed by atoms with E-state index in [9.17, 15) is 9.59 Å². The van der Waals surface area contributed by atoms with Gasteiger partial charge in [-0.05, 0) is 60.8 Å². The quantitative estimate of drug-likeness (QED) is 0.489. The summed E-state index contributed by atoms with van der Waals surface area (Å²) in [6.45, 7) is 9.50. The van der Waals surface area contributed by atoms with Crippen molar-refractivity contribution < 1.29 is 14.3 Å². The number of nitrogens with zero attached hydrogens (tertiary/aromatic N) is 2. The molecule has 7 heteroatoms. The molecule has 1 aliphatic heterocycles. The largest absolute Gasteiger partial charge is 0.497 e. The van der Waals surface area contributed by atoms with Crippen molar-refractivity contribution >= 4 is 23.2 Å². The van der Waals surface area contributed by atoms with Crippen molar-refractivity contribution in [2.45, 2.75) is 26.2 Å². The number of carbonyl (C=O) groups is 2. The van der Waals surface area contributed by atoms with Crippen LogP contribution in [-0.2, 0) is 9.59 Å². The number of anilines is 2. The van der Waals surface area contributed by atoms with Crippen molar-refractivity contribution in [1.29, 1.82) is 0 Å². The van der Waals surface area contributed by atoms with Crippen LogP contribution < -0.4 is 20.3 Å². The summed E-state index contributed by atoms with van der Waals surface area (Å²) in [5.41, 5.74) is 3.03.